The fourth-order valence-corrected chi connectivity index (χ4v) is 33.6. The first kappa shape index (κ1) is 110. The van der Waals surface area contributed by atoms with E-state index in [9.17, 15) is 0 Å². The lowest BCUT2D eigenvalue weighted by Crippen LogP contribution is -2.40. The van der Waals surface area contributed by atoms with Crippen LogP contribution in [0.15, 0.2) is 0 Å². The van der Waals surface area contributed by atoms with Crippen molar-refractivity contribution in [2.45, 2.75) is 549 Å². The molecule has 0 aromatic carbocycles. The highest BCUT2D eigenvalue weighted by molar-refractivity contribution is 5.04. The summed E-state index contributed by atoms with van der Waals surface area (Å²) in [5.74, 6) is 39.8. The van der Waals surface area contributed by atoms with Crippen molar-refractivity contribution in [1.29, 1.82) is 0 Å². The molecule has 0 aromatic heterocycles. The topological polar surface area (TPSA) is 0 Å². The van der Waals surface area contributed by atoms with Crippen LogP contribution < -0.4 is 0 Å². The molecule has 16 fully saturated rings. The average molecular weight is 1750 g/mol. The molecular weight excluding hydrogens is 1510 g/mol. The van der Waals surface area contributed by atoms with Crippen molar-refractivity contribution in [3.63, 3.8) is 0 Å². The van der Waals surface area contributed by atoms with Crippen molar-refractivity contribution in [2.24, 2.45) is 252 Å². The van der Waals surface area contributed by atoms with Crippen molar-refractivity contribution in [3.8, 4) is 0 Å². The Labute approximate surface area is 795 Å². The molecule has 2 bridgehead atoms. The molecule has 0 nitrogen and oxygen atoms in total. The number of rotatable bonds is 13. The van der Waals surface area contributed by atoms with Gasteiger partial charge in [0.05, 0.1) is 0 Å². The first-order valence-electron chi connectivity index (χ1n) is 59.4. The summed E-state index contributed by atoms with van der Waals surface area (Å²) in [7, 11) is 0. The molecule has 0 aromatic rings. The Kier molecular flexibility index (Phi) is 44.9. The molecule has 0 heterocycles. The van der Waals surface area contributed by atoms with Crippen LogP contribution in [0.4, 0.5) is 0 Å². The van der Waals surface area contributed by atoms with Crippen LogP contribution in [0.2, 0.25) is 0 Å². The zero-order valence-corrected chi connectivity index (χ0v) is 92.3. The molecule has 740 valence electrons. The first-order valence-corrected chi connectivity index (χ1v) is 59.4. The largest absolute Gasteiger partial charge is 0.0649 e. The van der Waals surface area contributed by atoms with Gasteiger partial charge in [-0.15, -0.1) is 0 Å². The predicted octanol–water partition coefficient (Wildman–Crippen LogP) is 41.0. The average Bonchev–Trinajstić information content (AvgIpc) is 1.59. The van der Waals surface area contributed by atoms with E-state index in [0.717, 1.165) is 225 Å². The Balaban J connectivity index is 0.000000163. The quantitative estimate of drug-likeness (QED) is 0.172. The van der Waals surface area contributed by atoms with Crippen molar-refractivity contribution in [1.82, 2.24) is 0 Å². The minimum atomic E-state index is 0.572. The van der Waals surface area contributed by atoms with Crippen molar-refractivity contribution in [3.05, 3.63) is 0 Å². The lowest BCUT2D eigenvalue weighted by atomic mass is 9.57. The van der Waals surface area contributed by atoms with Gasteiger partial charge >= 0.3 is 0 Å². The monoisotopic (exact) mass is 1750 g/mol. The van der Waals surface area contributed by atoms with Gasteiger partial charge in [-0.1, -0.05) is 375 Å². The van der Waals surface area contributed by atoms with Crippen LogP contribution in [0.5, 0.6) is 0 Å². The number of hydrogen-bond donors (Lipinski definition) is 0. The minimum absolute atomic E-state index is 0.572. The molecule has 0 heteroatoms. The third kappa shape index (κ3) is 33.4. The maximum Gasteiger partial charge on any atom is -0.0297 e. The second-order valence-electron chi connectivity index (χ2n) is 57.1. The second-order valence-corrected chi connectivity index (χ2v) is 57.1. The fraction of sp³-hybridized carbons (Fsp3) is 1.00. The van der Waals surface area contributed by atoms with Gasteiger partial charge in [-0.05, 0) is 426 Å². The van der Waals surface area contributed by atoms with Gasteiger partial charge in [0.15, 0.2) is 0 Å². The molecule has 16 saturated carbocycles. The fourth-order valence-electron chi connectivity index (χ4n) is 33.6. The summed E-state index contributed by atoms with van der Waals surface area (Å²) in [5.41, 5.74) is 2.40. The van der Waals surface area contributed by atoms with E-state index in [1.807, 2.05) is 0 Å². The third-order valence-electron chi connectivity index (χ3n) is 45.4. The van der Waals surface area contributed by atoms with Crippen LogP contribution in [0.25, 0.3) is 0 Å². The Bertz CT molecular complexity index is 2720. The number of hydrogen-bond acceptors (Lipinski definition) is 0. The highest BCUT2D eigenvalue weighted by Crippen LogP contribution is 2.63. The van der Waals surface area contributed by atoms with Gasteiger partial charge in [-0.25, -0.2) is 0 Å². The maximum absolute atomic E-state index is 2.59. The van der Waals surface area contributed by atoms with E-state index in [1.165, 1.54) is 301 Å². The Morgan fingerprint density at radius 3 is 0.865 bits per heavy atom. The van der Waals surface area contributed by atoms with Gasteiger partial charge in [-0.2, -0.15) is 0 Å². The van der Waals surface area contributed by atoms with Gasteiger partial charge in [0.25, 0.3) is 0 Å². The van der Waals surface area contributed by atoms with E-state index in [4.69, 9.17) is 0 Å². The maximum atomic E-state index is 2.59. The molecule has 0 N–H and O–H groups in total. The highest BCUT2D eigenvalue weighted by atomic mass is 14.6. The van der Waals surface area contributed by atoms with Gasteiger partial charge in [0, 0.05) is 0 Å². The van der Waals surface area contributed by atoms with E-state index < -0.39 is 0 Å². The third-order valence-corrected chi connectivity index (χ3v) is 45.4. The zero-order chi connectivity index (χ0) is 92.3. The molecule has 0 aliphatic heterocycles. The Morgan fingerprint density at radius 1 is 0.230 bits per heavy atom. The molecule has 126 heavy (non-hydrogen) atoms. The van der Waals surface area contributed by atoms with E-state index in [2.05, 4.69) is 215 Å². The summed E-state index contributed by atoms with van der Waals surface area (Å²) in [4.78, 5) is 0. The molecule has 0 amide bonds. The van der Waals surface area contributed by atoms with Crippen LogP contribution in [0, 0.1) is 252 Å². The lowest BCUT2D eigenvalue weighted by Gasteiger charge is -2.49. The van der Waals surface area contributed by atoms with Crippen molar-refractivity contribution >= 4 is 0 Å². The molecular formula is C126H236. The molecule has 0 spiro atoms. The normalized spacial score (nSPS) is 46.0. The van der Waals surface area contributed by atoms with Crippen LogP contribution in [0.3, 0.4) is 0 Å². The Morgan fingerprint density at radius 2 is 0.516 bits per heavy atom. The Hall–Kier alpha value is 0. The zero-order valence-electron chi connectivity index (χ0n) is 92.3. The summed E-state index contributed by atoms with van der Waals surface area (Å²) in [5, 5.41) is 0. The minimum Gasteiger partial charge on any atom is -0.0649 e. The van der Waals surface area contributed by atoms with Gasteiger partial charge in [0.2, 0.25) is 0 Å². The van der Waals surface area contributed by atoms with E-state index in [0.29, 0.717) is 21.7 Å². The summed E-state index contributed by atoms with van der Waals surface area (Å²) in [6.07, 6.45) is 78.1. The molecule has 0 radical (unpaired) electrons. The highest BCUT2D eigenvalue weighted by Gasteiger charge is 2.54. The lowest BCUT2D eigenvalue weighted by molar-refractivity contribution is 0.0121. The smallest absolute Gasteiger partial charge is 0.0297 e. The second kappa shape index (κ2) is 51.6. The standard InChI is InChI=1S/C19H36.C18H34.2C17H32.C16H30.C15H28.C12H20.C12H24/c1-13-7-9-17(11-15(13)3)19(5,6)18-10-8-14(2)16(4)12-18;1-12-6-8-17(10-14(12)3)16(5)18-9-7-13(2)15(4)11-18;1-13-5-9-15(10-6-13)17(3,4)16-11-7-14(2)8-12-16;1-12-5-7-16(9-14(12)3)11-17-8-6-13(2)15(4)10-17;1-12-4-8-15(9-5-12)14(3)16-10-6-13(2)7-11-16;1-12-3-7-14(8-4-12)11-15-9-5-13(2)6-10-15;1-7-3-11-9-5-8(2)10(6-9)12(11)4-7;1-6-12(5)8-10(2)7-11(3,4)9-12/h13-18H,7-12H2,1-6H3;12-18H,6-11H2,1-5H3;13-16H,5-12H2,1-4H3;12-17H,5-11H2,1-4H3;12-16H,4-11H2,1-3H3;12-15H,3-11H2,1-2H3;7-12H,3-6H2,1-2H3;10H,6-9H2,1-5H3. The first-order chi connectivity index (χ1) is 59.4. The van der Waals surface area contributed by atoms with Crippen LogP contribution in [-0.2, 0) is 0 Å². The summed E-state index contributed by atoms with van der Waals surface area (Å²) in [6.45, 7) is 76.7. The van der Waals surface area contributed by atoms with E-state index in [1.54, 1.807) is 38.5 Å². The summed E-state index contributed by atoms with van der Waals surface area (Å²) < 4.78 is 0. The molecule has 26 atom stereocenters. The van der Waals surface area contributed by atoms with E-state index in [-0.39, 0.29) is 0 Å². The van der Waals surface area contributed by atoms with E-state index >= 15 is 0 Å². The predicted molar refractivity (Wildman–Crippen MR) is 562 cm³/mol. The molecule has 0 saturated heterocycles. The molecule has 16 rings (SSSR count). The van der Waals surface area contributed by atoms with Crippen molar-refractivity contribution in [2.75, 3.05) is 0 Å². The van der Waals surface area contributed by atoms with Crippen LogP contribution in [0.1, 0.15) is 549 Å². The summed E-state index contributed by atoms with van der Waals surface area (Å²) in [6, 6.07) is 0. The summed E-state index contributed by atoms with van der Waals surface area (Å²) >= 11 is 0. The molecule has 16 aliphatic rings. The van der Waals surface area contributed by atoms with Crippen LogP contribution >= 0.6 is 0 Å². The van der Waals surface area contributed by atoms with Crippen LogP contribution in [-0.4, -0.2) is 0 Å². The van der Waals surface area contributed by atoms with Gasteiger partial charge in [-0.3, -0.25) is 0 Å². The van der Waals surface area contributed by atoms with Crippen molar-refractivity contribution < 1.29 is 0 Å². The SMILES string of the molecule is CC1CC2C3CC(C)C(C3)C2C1.CC1CCC(C(C)(C)C2CCC(C)C(C)C2)CC1C.CC1CCC(C(C)(C)C2CCC(C)CC2)CC1.CC1CCC(C(C)C2CCC(C)C(C)C2)CC1C.CC1CCC(C(C)C2CCC(C)CC2)CC1.CC1CCC(CC2CCC(C)C(C)C2)CC1C.CC1CCC(CC2CCC(C)CC2)CC1.CCC1(C)CC(C)CC(C)(C)C1. The number of fused-ring (bicyclic) bond motifs is 5. The van der Waals surface area contributed by atoms with Gasteiger partial charge in [0.1, 0.15) is 0 Å². The molecule has 26 unspecified atom stereocenters. The molecule has 16 aliphatic carbocycles. The van der Waals surface area contributed by atoms with Gasteiger partial charge < -0.3 is 0 Å².